The fourth-order valence-corrected chi connectivity index (χ4v) is 4.33. The zero-order valence-corrected chi connectivity index (χ0v) is 20.0. The fourth-order valence-electron chi connectivity index (χ4n) is 3.07. The number of hydrogen-bond donors (Lipinski definition) is 3. The van der Waals surface area contributed by atoms with Crippen molar-refractivity contribution in [2.45, 2.75) is 4.90 Å². The van der Waals surface area contributed by atoms with Crippen LogP contribution in [-0.2, 0) is 10.0 Å². The summed E-state index contributed by atoms with van der Waals surface area (Å²) in [6, 6.07) is 12.7. The topological polar surface area (TPSA) is 136 Å². The Balaban J connectivity index is 1.92. The molecule has 0 spiro atoms. The molecule has 0 amide bonds. The quantitative estimate of drug-likeness (QED) is 0.270. The number of carbonyl (C=O) groups excluding carboxylic acids is 1. The lowest BCUT2D eigenvalue weighted by atomic mass is 10.0. The average molecular weight is 504 g/mol. The highest BCUT2D eigenvalue weighted by Gasteiger charge is 2.16. The molecule has 2 aromatic carbocycles. The number of primary sulfonamides is 1. The Morgan fingerprint density at radius 1 is 1.12 bits per heavy atom. The number of nitrogens with two attached hydrogens (primary N) is 1. The van der Waals surface area contributed by atoms with E-state index in [1.807, 2.05) is 23.6 Å². The summed E-state index contributed by atoms with van der Waals surface area (Å²) in [5.74, 6) is 0.247. The molecule has 4 N–H and O–H groups in total. The summed E-state index contributed by atoms with van der Waals surface area (Å²) in [5.41, 5.74) is 1.71. The Bertz CT molecular complexity index is 1250. The zero-order chi connectivity index (χ0) is 24.7. The number of sulfonamides is 1. The Morgan fingerprint density at radius 2 is 1.82 bits per heavy atom. The van der Waals surface area contributed by atoms with E-state index < -0.39 is 15.9 Å². The highest BCUT2D eigenvalue weighted by Crippen LogP contribution is 2.39. The van der Waals surface area contributed by atoms with E-state index in [4.69, 9.17) is 14.6 Å². The van der Waals surface area contributed by atoms with Crippen molar-refractivity contribution in [2.75, 3.05) is 26.9 Å². The summed E-state index contributed by atoms with van der Waals surface area (Å²) in [6.07, 6.45) is 2.98. The van der Waals surface area contributed by atoms with Crippen LogP contribution in [-0.4, -0.2) is 51.3 Å². The molecule has 8 nitrogen and oxygen atoms in total. The first-order valence-electron chi connectivity index (χ1n) is 10.2. The van der Waals surface area contributed by atoms with Gasteiger partial charge in [-0.05, 0) is 53.9 Å². The summed E-state index contributed by atoms with van der Waals surface area (Å²) in [7, 11) is -2.34. The normalized spacial score (nSPS) is 11.8. The third kappa shape index (κ3) is 6.31. The molecule has 10 heteroatoms. The molecule has 0 saturated carbocycles. The molecular formula is C24H25NO7S2. The smallest absolute Gasteiger partial charge is 0.238 e. The van der Waals surface area contributed by atoms with Gasteiger partial charge in [0, 0.05) is 33.6 Å². The lowest BCUT2D eigenvalue weighted by Crippen LogP contribution is -2.20. The van der Waals surface area contributed by atoms with Crippen LogP contribution in [0.15, 0.2) is 64.9 Å². The predicted octanol–water partition coefficient (Wildman–Crippen LogP) is 2.95. The Kier molecular flexibility index (Phi) is 8.59. The number of aliphatic hydroxyl groups is 2. The first kappa shape index (κ1) is 25.6. The van der Waals surface area contributed by atoms with Gasteiger partial charge in [0.1, 0.15) is 11.5 Å². The Hall–Kier alpha value is -3.02. The second-order valence-corrected chi connectivity index (χ2v) is 9.89. The number of carbonyl (C=O) groups is 1. The van der Waals surface area contributed by atoms with Crippen molar-refractivity contribution in [3.63, 3.8) is 0 Å². The molecule has 0 aliphatic rings. The van der Waals surface area contributed by atoms with Crippen LogP contribution in [0.2, 0.25) is 0 Å². The fraction of sp³-hybridized carbons (Fsp3) is 0.208. The van der Waals surface area contributed by atoms with Crippen LogP contribution in [0.3, 0.4) is 0 Å². The molecule has 3 aromatic rings. The van der Waals surface area contributed by atoms with Crippen molar-refractivity contribution in [3.05, 3.63) is 71.1 Å². The van der Waals surface area contributed by atoms with Crippen molar-refractivity contribution >= 4 is 33.2 Å². The summed E-state index contributed by atoms with van der Waals surface area (Å²) >= 11 is 1.51. The third-order valence-corrected chi connectivity index (χ3v) is 6.82. The van der Waals surface area contributed by atoms with E-state index in [0.29, 0.717) is 22.6 Å². The molecule has 0 aliphatic heterocycles. The van der Waals surface area contributed by atoms with Gasteiger partial charge in [0.15, 0.2) is 5.78 Å². The molecule has 180 valence electrons. The van der Waals surface area contributed by atoms with Gasteiger partial charge in [-0.15, -0.1) is 11.3 Å². The average Bonchev–Trinajstić information content (AvgIpc) is 3.37. The van der Waals surface area contributed by atoms with Crippen LogP contribution in [0.5, 0.6) is 11.5 Å². The number of ether oxygens (including phenoxy) is 2. The number of rotatable bonds is 11. The van der Waals surface area contributed by atoms with E-state index in [-0.39, 0.29) is 30.5 Å². The second kappa shape index (κ2) is 11.4. The minimum Gasteiger partial charge on any atom is -0.496 e. The number of ketones is 1. The minimum atomic E-state index is -3.84. The molecule has 0 aliphatic carbocycles. The van der Waals surface area contributed by atoms with Crippen molar-refractivity contribution in [1.29, 1.82) is 0 Å². The lowest BCUT2D eigenvalue weighted by molar-refractivity contribution is 0.104. The molecule has 0 bridgehead atoms. The Morgan fingerprint density at radius 3 is 2.38 bits per heavy atom. The van der Waals surface area contributed by atoms with Gasteiger partial charge in [-0.25, -0.2) is 13.6 Å². The highest BCUT2D eigenvalue weighted by molar-refractivity contribution is 7.89. The molecule has 1 heterocycles. The van der Waals surface area contributed by atoms with E-state index in [1.165, 1.54) is 48.8 Å². The van der Waals surface area contributed by atoms with Crippen LogP contribution in [0.4, 0.5) is 0 Å². The van der Waals surface area contributed by atoms with Gasteiger partial charge < -0.3 is 19.7 Å². The van der Waals surface area contributed by atoms with Gasteiger partial charge in [0.25, 0.3) is 0 Å². The van der Waals surface area contributed by atoms with Crippen LogP contribution < -0.4 is 14.6 Å². The summed E-state index contributed by atoms with van der Waals surface area (Å²) < 4.78 is 34.2. The molecule has 1 aromatic heterocycles. The van der Waals surface area contributed by atoms with Gasteiger partial charge in [-0.2, -0.15) is 0 Å². The van der Waals surface area contributed by atoms with Crippen LogP contribution >= 0.6 is 11.3 Å². The second-order valence-electron chi connectivity index (χ2n) is 7.38. The molecule has 0 atom stereocenters. The van der Waals surface area contributed by atoms with Crippen molar-refractivity contribution in [3.8, 4) is 21.9 Å². The molecular weight excluding hydrogens is 478 g/mol. The number of benzene rings is 2. The van der Waals surface area contributed by atoms with Gasteiger partial charge in [0.2, 0.25) is 10.0 Å². The maximum absolute atomic E-state index is 12.6. The van der Waals surface area contributed by atoms with E-state index in [2.05, 4.69) is 0 Å². The first-order valence-corrected chi connectivity index (χ1v) is 12.6. The number of aliphatic hydroxyl groups excluding tert-OH is 2. The maximum atomic E-state index is 12.6. The monoisotopic (exact) mass is 503 g/mol. The summed E-state index contributed by atoms with van der Waals surface area (Å²) in [6.45, 7) is -0.289. The van der Waals surface area contributed by atoms with Gasteiger partial charge in [0.05, 0.1) is 31.8 Å². The molecule has 0 saturated heterocycles. The molecule has 0 fully saturated rings. The van der Waals surface area contributed by atoms with E-state index >= 15 is 0 Å². The summed E-state index contributed by atoms with van der Waals surface area (Å²) in [5, 5.41) is 25.7. The number of allylic oxidation sites excluding steroid dienone is 1. The van der Waals surface area contributed by atoms with Crippen LogP contribution in [0.1, 0.15) is 15.9 Å². The van der Waals surface area contributed by atoms with Crippen molar-refractivity contribution in [1.82, 2.24) is 0 Å². The first-order chi connectivity index (χ1) is 16.3. The van der Waals surface area contributed by atoms with Gasteiger partial charge >= 0.3 is 0 Å². The largest absolute Gasteiger partial charge is 0.496 e. The van der Waals surface area contributed by atoms with Crippen LogP contribution in [0.25, 0.3) is 16.5 Å². The van der Waals surface area contributed by atoms with E-state index in [1.54, 1.807) is 12.1 Å². The number of thiophene rings is 1. The summed E-state index contributed by atoms with van der Waals surface area (Å²) in [4.78, 5) is 13.5. The number of methoxy groups -OCH3 is 1. The molecule has 0 radical (unpaired) electrons. The zero-order valence-electron chi connectivity index (χ0n) is 18.4. The van der Waals surface area contributed by atoms with Crippen molar-refractivity contribution < 1.29 is 32.9 Å². The third-order valence-electron chi connectivity index (χ3n) is 4.99. The molecule has 3 rings (SSSR count). The van der Waals surface area contributed by atoms with E-state index in [0.717, 1.165) is 10.4 Å². The standard InChI is InChI=1S/C24H25NO7S2/c1-31-22-12-23(32-15-16(13-26)14-27)20(24-3-2-10-33-24)11-18(22)6-9-21(28)17-4-7-19(8-5-17)34(25,29)30/h2-12,16,26-27H,13-15H2,1H3,(H2,25,29,30). The van der Waals surface area contributed by atoms with E-state index in [9.17, 15) is 23.4 Å². The predicted molar refractivity (Wildman–Crippen MR) is 131 cm³/mol. The highest BCUT2D eigenvalue weighted by atomic mass is 32.2. The Labute approximate surface area is 201 Å². The number of hydrogen-bond acceptors (Lipinski definition) is 8. The lowest BCUT2D eigenvalue weighted by Gasteiger charge is -2.17. The maximum Gasteiger partial charge on any atom is 0.238 e. The molecule has 0 unspecified atom stereocenters. The minimum absolute atomic E-state index is 0.0736. The van der Waals surface area contributed by atoms with Gasteiger partial charge in [-0.1, -0.05) is 6.07 Å². The van der Waals surface area contributed by atoms with Crippen molar-refractivity contribution in [2.24, 2.45) is 11.1 Å². The SMILES string of the molecule is COc1cc(OCC(CO)CO)c(-c2cccs2)cc1C=CC(=O)c1ccc(S(N)(=O)=O)cc1. The van der Waals surface area contributed by atoms with Crippen LogP contribution in [0, 0.1) is 5.92 Å². The van der Waals surface area contributed by atoms with Gasteiger partial charge in [-0.3, -0.25) is 4.79 Å². The molecule has 34 heavy (non-hydrogen) atoms.